The minimum atomic E-state index is -0.327. The second-order valence-corrected chi connectivity index (χ2v) is 3.01. The molecular weight excluding hydrogens is 198 g/mol. The Hall–Kier alpha value is -1.02. The molecule has 1 aromatic rings. The summed E-state index contributed by atoms with van der Waals surface area (Å²) >= 11 is 0. The van der Waals surface area contributed by atoms with Crippen molar-refractivity contribution in [1.29, 1.82) is 0 Å². The highest BCUT2D eigenvalue weighted by molar-refractivity contribution is 5.94. The van der Waals surface area contributed by atoms with E-state index in [4.69, 9.17) is 5.73 Å². The van der Waals surface area contributed by atoms with Crippen LogP contribution in [0.25, 0.3) is 0 Å². The van der Waals surface area contributed by atoms with E-state index in [0.717, 1.165) is 18.4 Å². The highest BCUT2D eigenvalue weighted by Crippen LogP contribution is 2.15. The van der Waals surface area contributed by atoms with Crippen molar-refractivity contribution in [3.63, 3.8) is 0 Å². The lowest BCUT2D eigenvalue weighted by Crippen LogP contribution is -2.14. The van der Waals surface area contributed by atoms with E-state index in [1.165, 1.54) is 5.56 Å². The third kappa shape index (κ3) is 2.48. The van der Waals surface area contributed by atoms with Crippen LogP contribution in [0.2, 0.25) is 0 Å². The highest BCUT2D eigenvalue weighted by Gasteiger charge is 2.08. The number of hydrogen-bond donors (Lipinski definition) is 1. The summed E-state index contributed by atoms with van der Waals surface area (Å²) in [4.78, 5) is 11.1. The van der Waals surface area contributed by atoms with Crippen molar-refractivity contribution >= 4 is 18.3 Å². The predicted octanol–water partition coefficient (Wildman–Crippen LogP) is 2.33. The largest absolute Gasteiger partial charge is 0.366 e. The maximum absolute atomic E-state index is 11.1. The van der Waals surface area contributed by atoms with E-state index < -0.39 is 0 Å². The normalized spacial score (nSPS) is 9.29. The molecule has 0 aromatic heterocycles. The van der Waals surface area contributed by atoms with Crippen LogP contribution in [-0.2, 0) is 12.8 Å². The lowest BCUT2D eigenvalue weighted by atomic mass is 9.97. The van der Waals surface area contributed by atoms with Gasteiger partial charge in [0.05, 0.1) is 0 Å². The number of primary amides is 1. The third-order valence-corrected chi connectivity index (χ3v) is 2.27. The number of benzene rings is 1. The molecule has 0 spiro atoms. The smallest absolute Gasteiger partial charge is 0.248 e. The minimum Gasteiger partial charge on any atom is -0.366 e. The zero-order chi connectivity index (χ0) is 9.84. The summed E-state index contributed by atoms with van der Waals surface area (Å²) in [6.07, 6.45) is 1.81. The van der Waals surface area contributed by atoms with E-state index in [9.17, 15) is 4.79 Å². The van der Waals surface area contributed by atoms with Crippen LogP contribution in [0.15, 0.2) is 18.2 Å². The van der Waals surface area contributed by atoms with Gasteiger partial charge in [0.25, 0.3) is 0 Å². The van der Waals surface area contributed by atoms with Crippen LogP contribution in [0.1, 0.15) is 35.3 Å². The lowest BCUT2D eigenvalue weighted by molar-refractivity contribution is 0.0999. The molecule has 0 aliphatic rings. The summed E-state index contributed by atoms with van der Waals surface area (Å²) in [5.74, 6) is -0.327. The second kappa shape index (κ2) is 5.66. The van der Waals surface area contributed by atoms with Crippen molar-refractivity contribution in [3.05, 3.63) is 34.9 Å². The quantitative estimate of drug-likeness (QED) is 0.823. The van der Waals surface area contributed by atoms with Gasteiger partial charge in [-0.3, -0.25) is 4.79 Å². The van der Waals surface area contributed by atoms with Gasteiger partial charge in [0.15, 0.2) is 0 Å². The van der Waals surface area contributed by atoms with Crippen LogP contribution in [0.5, 0.6) is 0 Å². The fourth-order valence-corrected chi connectivity index (χ4v) is 1.61. The zero-order valence-electron chi connectivity index (χ0n) is 8.54. The molecular formula is C11H16ClNO. The number of aryl methyl sites for hydroxylation is 1. The molecule has 0 saturated heterocycles. The Morgan fingerprint density at radius 3 is 2.36 bits per heavy atom. The highest BCUT2D eigenvalue weighted by atomic mass is 35.5. The van der Waals surface area contributed by atoms with Crippen molar-refractivity contribution in [2.24, 2.45) is 5.73 Å². The first-order chi connectivity index (χ1) is 6.20. The molecule has 2 nitrogen and oxygen atoms in total. The molecule has 0 aliphatic carbocycles. The number of halogens is 1. The lowest BCUT2D eigenvalue weighted by Gasteiger charge is -2.09. The van der Waals surface area contributed by atoms with Crippen LogP contribution in [-0.4, -0.2) is 5.91 Å². The fourth-order valence-electron chi connectivity index (χ4n) is 1.61. The number of nitrogens with two attached hydrogens (primary N) is 1. The molecule has 78 valence electrons. The number of rotatable bonds is 3. The van der Waals surface area contributed by atoms with E-state index in [-0.39, 0.29) is 18.3 Å². The zero-order valence-corrected chi connectivity index (χ0v) is 9.36. The predicted molar refractivity (Wildman–Crippen MR) is 61.0 cm³/mol. The summed E-state index contributed by atoms with van der Waals surface area (Å²) in [6.45, 7) is 4.13. The van der Waals surface area contributed by atoms with Crippen molar-refractivity contribution in [1.82, 2.24) is 0 Å². The van der Waals surface area contributed by atoms with E-state index in [0.29, 0.717) is 5.56 Å². The van der Waals surface area contributed by atoms with Crippen molar-refractivity contribution < 1.29 is 4.79 Å². The maximum atomic E-state index is 11.1. The van der Waals surface area contributed by atoms with Gasteiger partial charge >= 0.3 is 0 Å². The topological polar surface area (TPSA) is 43.1 Å². The van der Waals surface area contributed by atoms with E-state index in [1.807, 2.05) is 19.1 Å². The molecule has 2 N–H and O–H groups in total. The van der Waals surface area contributed by atoms with Crippen LogP contribution in [0.3, 0.4) is 0 Å². The van der Waals surface area contributed by atoms with Gasteiger partial charge in [-0.15, -0.1) is 12.4 Å². The maximum Gasteiger partial charge on any atom is 0.248 e. The average molecular weight is 214 g/mol. The Kier molecular flexibility index (Phi) is 5.24. The van der Waals surface area contributed by atoms with Gasteiger partial charge < -0.3 is 5.73 Å². The number of hydrogen-bond acceptors (Lipinski definition) is 1. The molecule has 0 aliphatic heterocycles. The monoisotopic (exact) mass is 213 g/mol. The van der Waals surface area contributed by atoms with Crippen molar-refractivity contribution in [2.75, 3.05) is 0 Å². The van der Waals surface area contributed by atoms with E-state index in [2.05, 4.69) is 6.92 Å². The van der Waals surface area contributed by atoms with Gasteiger partial charge in [-0.1, -0.05) is 26.0 Å². The van der Waals surface area contributed by atoms with Gasteiger partial charge in [0.2, 0.25) is 5.91 Å². The van der Waals surface area contributed by atoms with E-state index in [1.54, 1.807) is 6.07 Å². The molecule has 0 fully saturated rings. The average Bonchev–Trinajstić information content (AvgIpc) is 2.16. The number of carbonyl (C=O) groups is 1. The Bertz CT molecular complexity index is 323. The summed E-state index contributed by atoms with van der Waals surface area (Å²) in [5, 5.41) is 0. The molecule has 0 radical (unpaired) electrons. The Balaban J connectivity index is 0.00000169. The fraction of sp³-hybridized carbons (Fsp3) is 0.364. The second-order valence-electron chi connectivity index (χ2n) is 3.01. The van der Waals surface area contributed by atoms with Gasteiger partial charge in [-0.2, -0.15) is 0 Å². The molecule has 1 amide bonds. The standard InChI is InChI=1S/C11H15NO.ClH/c1-3-8-6-5-7-10(11(12)13)9(8)4-2;/h5-7H,3-4H2,1-2H3,(H2,12,13);1H. The van der Waals surface area contributed by atoms with Crippen molar-refractivity contribution in [3.8, 4) is 0 Å². The molecule has 1 rings (SSSR count). The molecule has 0 unspecified atom stereocenters. The van der Waals surface area contributed by atoms with Crippen LogP contribution >= 0.6 is 12.4 Å². The molecule has 14 heavy (non-hydrogen) atoms. The van der Waals surface area contributed by atoms with Crippen LogP contribution in [0.4, 0.5) is 0 Å². The first kappa shape index (κ1) is 13.0. The summed E-state index contributed by atoms with van der Waals surface area (Å²) in [7, 11) is 0. The van der Waals surface area contributed by atoms with Crippen LogP contribution in [0, 0.1) is 0 Å². The summed E-state index contributed by atoms with van der Waals surface area (Å²) in [5.41, 5.74) is 8.26. The van der Waals surface area contributed by atoms with Crippen molar-refractivity contribution in [2.45, 2.75) is 26.7 Å². The van der Waals surface area contributed by atoms with Gasteiger partial charge in [0, 0.05) is 5.56 Å². The number of amides is 1. The Labute approximate surface area is 90.9 Å². The van der Waals surface area contributed by atoms with Gasteiger partial charge in [-0.25, -0.2) is 0 Å². The van der Waals surface area contributed by atoms with Gasteiger partial charge in [-0.05, 0) is 30.0 Å². The van der Waals surface area contributed by atoms with Crippen LogP contribution < -0.4 is 5.73 Å². The molecule has 0 atom stereocenters. The SMILES string of the molecule is CCc1cccc(C(N)=O)c1CC.Cl. The molecule has 0 heterocycles. The summed E-state index contributed by atoms with van der Waals surface area (Å²) in [6, 6.07) is 5.73. The molecule has 0 saturated carbocycles. The first-order valence-corrected chi connectivity index (χ1v) is 4.61. The van der Waals surface area contributed by atoms with E-state index >= 15 is 0 Å². The minimum absolute atomic E-state index is 0. The molecule has 3 heteroatoms. The Morgan fingerprint density at radius 1 is 1.29 bits per heavy atom. The summed E-state index contributed by atoms with van der Waals surface area (Å²) < 4.78 is 0. The number of carbonyl (C=O) groups excluding carboxylic acids is 1. The molecule has 1 aromatic carbocycles. The molecule has 0 bridgehead atoms. The Morgan fingerprint density at radius 2 is 1.93 bits per heavy atom. The third-order valence-electron chi connectivity index (χ3n) is 2.27. The first-order valence-electron chi connectivity index (χ1n) is 4.61. The van der Waals surface area contributed by atoms with Gasteiger partial charge in [0.1, 0.15) is 0 Å².